The van der Waals surface area contributed by atoms with Crippen LogP contribution in [0.2, 0.25) is 0 Å². The molecule has 0 heterocycles. The normalized spacial score (nSPS) is 12.6. The lowest BCUT2D eigenvalue weighted by Crippen LogP contribution is -2.35. The SMILES string of the molecule is CCCC(C)N(C)Cc1c(C=O)cccc1NC(=O)CCNCCN(N)/C=C(\N)CN. The summed E-state index contributed by atoms with van der Waals surface area (Å²) in [6.45, 7) is 6.81. The van der Waals surface area contributed by atoms with Crippen LogP contribution in [0.15, 0.2) is 30.1 Å². The Morgan fingerprint density at radius 1 is 1.29 bits per heavy atom. The largest absolute Gasteiger partial charge is 0.400 e. The third-order valence-electron chi connectivity index (χ3n) is 5.12. The molecule has 1 unspecified atom stereocenters. The van der Waals surface area contributed by atoms with Gasteiger partial charge in [0.15, 0.2) is 0 Å². The van der Waals surface area contributed by atoms with Crippen molar-refractivity contribution in [3.8, 4) is 0 Å². The van der Waals surface area contributed by atoms with Gasteiger partial charge in [-0.15, -0.1) is 0 Å². The number of carbonyl (C=O) groups is 2. The first-order valence-corrected chi connectivity index (χ1v) is 10.8. The van der Waals surface area contributed by atoms with E-state index in [2.05, 4.69) is 29.4 Å². The first-order chi connectivity index (χ1) is 14.8. The average Bonchev–Trinajstić information content (AvgIpc) is 2.74. The maximum Gasteiger partial charge on any atom is 0.225 e. The molecule has 1 amide bonds. The summed E-state index contributed by atoms with van der Waals surface area (Å²) in [5, 5.41) is 7.59. The minimum Gasteiger partial charge on any atom is -0.400 e. The molecule has 1 rings (SSSR count). The zero-order valence-corrected chi connectivity index (χ0v) is 19.1. The maximum atomic E-state index is 12.4. The monoisotopic (exact) mass is 433 g/mol. The van der Waals surface area contributed by atoms with E-state index in [1.807, 2.05) is 13.1 Å². The standard InChI is InChI=1S/C22H39N7O2/c1-4-6-17(2)28(3)15-20-18(16-30)7-5-8-21(20)27-22(31)9-10-26-11-12-29(25)14-19(24)13-23/h5,7-8,14,16-17,26H,4,6,9-13,15,23-25H2,1-3H3,(H,27,31)/b19-14-. The highest BCUT2D eigenvalue weighted by atomic mass is 16.1. The van der Waals surface area contributed by atoms with E-state index in [4.69, 9.17) is 17.3 Å². The molecule has 9 nitrogen and oxygen atoms in total. The molecule has 8 N–H and O–H groups in total. The van der Waals surface area contributed by atoms with Gasteiger partial charge in [0, 0.05) is 73.9 Å². The highest BCUT2D eigenvalue weighted by molar-refractivity contribution is 5.93. The summed E-state index contributed by atoms with van der Waals surface area (Å²) in [4.78, 5) is 26.2. The van der Waals surface area contributed by atoms with E-state index < -0.39 is 0 Å². The van der Waals surface area contributed by atoms with E-state index in [1.165, 1.54) is 5.01 Å². The molecular formula is C22H39N7O2. The van der Waals surface area contributed by atoms with Crippen LogP contribution in [0.4, 0.5) is 5.69 Å². The average molecular weight is 434 g/mol. The van der Waals surface area contributed by atoms with Crippen LogP contribution in [-0.4, -0.2) is 61.4 Å². The lowest BCUT2D eigenvalue weighted by Gasteiger charge is -2.26. The van der Waals surface area contributed by atoms with Crippen molar-refractivity contribution in [1.29, 1.82) is 0 Å². The number of rotatable bonds is 15. The molecule has 174 valence electrons. The molecule has 1 aromatic rings. The summed E-state index contributed by atoms with van der Waals surface area (Å²) in [7, 11) is 2.04. The van der Waals surface area contributed by atoms with Crippen molar-refractivity contribution in [3.63, 3.8) is 0 Å². The lowest BCUT2D eigenvalue weighted by molar-refractivity contribution is -0.116. The van der Waals surface area contributed by atoms with Crippen molar-refractivity contribution in [2.45, 2.75) is 45.7 Å². The van der Waals surface area contributed by atoms with Gasteiger partial charge >= 0.3 is 0 Å². The van der Waals surface area contributed by atoms with Crippen molar-refractivity contribution in [2.24, 2.45) is 17.3 Å². The zero-order valence-electron chi connectivity index (χ0n) is 19.1. The van der Waals surface area contributed by atoms with Gasteiger partial charge in [-0.25, -0.2) is 5.84 Å². The summed E-state index contributed by atoms with van der Waals surface area (Å²) in [6.07, 6.45) is 4.90. The highest BCUT2D eigenvalue weighted by Gasteiger charge is 2.15. The molecular weight excluding hydrogens is 394 g/mol. The molecule has 0 aliphatic heterocycles. The quantitative estimate of drug-likeness (QED) is 0.119. The third-order valence-corrected chi connectivity index (χ3v) is 5.12. The maximum absolute atomic E-state index is 12.4. The Morgan fingerprint density at radius 2 is 2.03 bits per heavy atom. The first-order valence-electron chi connectivity index (χ1n) is 10.8. The van der Waals surface area contributed by atoms with E-state index in [0.717, 1.165) is 24.7 Å². The fourth-order valence-electron chi connectivity index (χ4n) is 3.13. The van der Waals surface area contributed by atoms with Crippen LogP contribution in [-0.2, 0) is 11.3 Å². The van der Waals surface area contributed by atoms with Gasteiger partial charge in [0.2, 0.25) is 5.91 Å². The van der Waals surface area contributed by atoms with Gasteiger partial charge in [-0.2, -0.15) is 0 Å². The fourth-order valence-corrected chi connectivity index (χ4v) is 3.13. The molecule has 0 saturated carbocycles. The third kappa shape index (κ3) is 9.93. The molecule has 0 aliphatic carbocycles. The van der Waals surface area contributed by atoms with Crippen molar-refractivity contribution in [2.75, 3.05) is 38.5 Å². The summed E-state index contributed by atoms with van der Waals surface area (Å²) < 4.78 is 0. The van der Waals surface area contributed by atoms with Gasteiger partial charge in [-0.1, -0.05) is 25.5 Å². The number of anilines is 1. The first kappa shape index (κ1) is 26.6. The van der Waals surface area contributed by atoms with Crippen LogP contribution in [0, 0.1) is 0 Å². The minimum absolute atomic E-state index is 0.113. The summed E-state index contributed by atoms with van der Waals surface area (Å²) in [5.41, 5.74) is 13.7. The second-order valence-corrected chi connectivity index (χ2v) is 7.74. The number of amides is 1. The topological polar surface area (TPSA) is 143 Å². The van der Waals surface area contributed by atoms with Gasteiger partial charge in [-0.3, -0.25) is 14.5 Å². The Balaban J connectivity index is 2.59. The number of benzene rings is 1. The van der Waals surface area contributed by atoms with Crippen LogP contribution in [0.5, 0.6) is 0 Å². The number of hydrogen-bond acceptors (Lipinski definition) is 8. The van der Waals surface area contributed by atoms with Gasteiger partial charge in [0.25, 0.3) is 0 Å². The van der Waals surface area contributed by atoms with E-state index >= 15 is 0 Å². The fraction of sp³-hybridized carbons (Fsp3) is 0.545. The summed E-state index contributed by atoms with van der Waals surface area (Å²) in [5.74, 6) is 5.67. The van der Waals surface area contributed by atoms with Crippen molar-refractivity contribution in [3.05, 3.63) is 41.2 Å². The second-order valence-electron chi connectivity index (χ2n) is 7.74. The van der Waals surface area contributed by atoms with Crippen LogP contribution < -0.4 is 27.9 Å². The molecule has 0 fully saturated rings. The molecule has 0 radical (unpaired) electrons. The van der Waals surface area contributed by atoms with E-state index in [0.29, 0.717) is 55.6 Å². The molecule has 31 heavy (non-hydrogen) atoms. The Labute approximate surface area is 186 Å². The summed E-state index contributed by atoms with van der Waals surface area (Å²) >= 11 is 0. The van der Waals surface area contributed by atoms with Crippen LogP contribution >= 0.6 is 0 Å². The van der Waals surface area contributed by atoms with Gasteiger partial charge in [0.05, 0.1) is 0 Å². The van der Waals surface area contributed by atoms with Gasteiger partial charge in [-0.05, 0) is 26.5 Å². The second kappa shape index (κ2) is 14.5. The van der Waals surface area contributed by atoms with E-state index in [1.54, 1.807) is 18.3 Å². The minimum atomic E-state index is -0.113. The van der Waals surface area contributed by atoms with Gasteiger partial charge < -0.3 is 27.1 Å². The highest BCUT2D eigenvalue weighted by Crippen LogP contribution is 2.22. The number of nitrogens with two attached hydrogens (primary N) is 3. The van der Waals surface area contributed by atoms with E-state index in [9.17, 15) is 9.59 Å². The van der Waals surface area contributed by atoms with Crippen molar-refractivity contribution in [1.82, 2.24) is 15.2 Å². The smallest absolute Gasteiger partial charge is 0.225 e. The molecule has 0 saturated heterocycles. The Bertz CT molecular complexity index is 724. The predicted octanol–water partition coefficient (Wildman–Crippen LogP) is 0.972. The Kier molecular flexibility index (Phi) is 12.5. The number of aldehydes is 1. The van der Waals surface area contributed by atoms with Crippen molar-refractivity contribution >= 4 is 17.9 Å². The predicted molar refractivity (Wildman–Crippen MR) is 126 cm³/mol. The molecule has 0 aromatic heterocycles. The molecule has 0 aliphatic rings. The van der Waals surface area contributed by atoms with Crippen LogP contribution in [0.1, 0.15) is 49.0 Å². The molecule has 9 heteroatoms. The zero-order chi connectivity index (χ0) is 23.2. The number of carbonyl (C=O) groups excluding carboxylic acids is 2. The molecule has 1 atom stereocenters. The van der Waals surface area contributed by atoms with Gasteiger partial charge in [0.1, 0.15) is 6.29 Å². The number of hydrazine groups is 1. The van der Waals surface area contributed by atoms with Crippen molar-refractivity contribution < 1.29 is 9.59 Å². The van der Waals surface area contributed by atoms with Crippen LogP contribution in [0.25, 0.3) is 0 Å². The Morgan fingerprint density at radius 3 is 2.68 bits per heavy atom. The molecule has 1 aromatic carbocycles. The van der Waals surface area contributed by atoms with Crippen LogP contribution in [0.3, 0.4) is 0 Å². The Hall–Kier alpha value is -2.46. The number of nitrogens with one attached hydrogen (secondary N) is 2. The number of hydrogen-bond donors (Lipinski definition) is 5. The molecule has 0 spiro atoms. The van der Waals surface area contributed by atoms with E-state index in [-0.39, 0.29) is 12.5 Å². The summed E-state index contributed by atoms with van der Waals surface area (Å²) in [6, 6.07) is 5.79. The molecule has 0 bridgehead atoms. The number of nitrogens with zero attached hydrogens (tertiary/aromatic N) is 2. The lowest BCUT2D eigenvalue weighted by atomic mass is 10.0.